The minimum Gasteiger partial charge on any atom is -0.444 e. The molecule has 0 radical (unpaired) electrons. The Morgan fingerprint density at radius 2 is 2.17 bits per heavy atom. The molecule has 4 heteroatoms. The van der Waals surface area contributed by atoms with Crippen molar-refractivity contribution in [3.63, 3.8) is 0 Å². The first-order chi connectivity index (χ1) is 5.07. The monoisotopic (exact) mass is 193 g/mol. The Morgan fingerprint density at radius 1 is 1.67 bits per heavy atom. The lowest BCUT2D eigenvalue weighted by atomic mass is 10.4. The number of hydrogen-bond donors (Lipinski definition) is 1. The molecule has 1 unspecified atom stereocenters. The molecule has 0 aliphatic heterocycles. The van der Waals surface area contributed by atoms with E-state index in [0.717, 1.165) is 6.54 Å². The molecule has 0 spiro atoms. The quantitative estimate of drug-likeness (QED) is 0.418. The minimum absolute atomic E-state index is 0. The predicted molar refractivity (Wildman–Crippen MR) is 51.3 cm³/mol. The first-order valence-electron chi connectivity index (χ1n) is 3.67. The van der Waals surface area contributed by atoms with Crippen molar-refractivity contribution in [2.45, 2.75) is 27.0 Å². The maximum Gasteiger partial charge on any atom is 0.334 e. The molecule has 0 aromatic rings. The summed E-state index contributed by atoms with van der Waals surface area (Å²) < 4.78 is 4.90. The van der Waals surface area contributed by atoms with Crippen LogP contribution < -0.4 is 5.32 Å². The third kappa shape index (κ3) is 6.19. The van der Waals surface area contributed by atoms with Gasteiger partial charge in [0.2, 0.25) is 0 Å². The van der Waals surface area contributed by atoms with Crippen molar-refractivity contribution >= 4 is 18.4 Å². The van der Waals surface area contributed by atoms with Crippen molar-refractivity contribution < 1.29 is 9.53 Å². The molecule has 3 nitrogen and oxygen atoms in total. The highest BCUT2D eigenvalue weighted by molar-refractivity contribution is 5.87. The highest BCUT2D eigenvalue weighted by atomic mass is 35.5. The van der Waals surface area contributed by atoms with E-state index in [1.807, 2.05) is 6.92 Å². The Kier molecular flexibility index (Phi) is 8.32. The van der Waals surface area contributed by atoms with Crippen LogP contribution in [0.5, 0.6) is 0 Å². The highest BCUT2D eigenvalue weighted by Crippen LogP contribution is 1.94. The average molecular weight is 194 g/mol. The van der Waals surface area contributed by atoms with Gasteiger partial charge in [0.1, 0.15) is 0 Å². The van der Waals surface area contributed by atoms with Gasteiger partial charge in [-0.25, -0.2) is 4.79 Å². The molecule has 0 amide bonds. The molecule has 0 heterocycles. The second kappa shape index (κ2) is 7.13. The topological polar surface area (TPSA) is 38.3 Å². The van der Waals surface area contributed by atoms with Gasteiger partial charge >= 0.3 is 5.97 Å². The molecular weight excluding hydrogens is 178 g/mol. The van der Waals surface area contributed by atoms with Crippen LogP contribution in [-0.2, 0) is 9.53 Å². The summed E-state index contributed by atoms with van der Waals surface area (Å²) >= 11 is 0. The Labute approximate surface area is 79.6 Å². The number of nitrogens with one attached hydrogen (secondary N) is 1. The van der Waals surface area contributed by atoms with Gasteiger partial charge in [0.25, 0.3) is 0 Å². The van der Waals surface area contributed by atoms with E-state index in [2.05, 4.69) is 11.9 Å². The average Bonchev–Trinajstić information content (AvgIpc) is 1.87. The van der Waals surface area contributed by atoms with Crippen molar-refractivity contribution in [1.82, 2.24) is 5.32 Å². The Morgan fingerprint density at radius 3 is 2.50 bits per heavy atom. The van der Waals surface area contributed by atoms with Gasteiger partial charge in [-0.1, -0.05) is 13.5 Å². The van der Waals surface area contributed by atoms with Crippen LogP contribution in [0.3, 0.4) is 0 Å². The third-order valence-corrected chi connectivity index (χ3v) is 1.12. The van der Waals surface area contributed by atoms with Crippen LogP contribution in [0, 0.1) is 0 Å². The van der Waals surface area contributed by atoms with Gasteiger partial charge in [0.05, 0.1) is 0 Å². The molecule has 1 N–H and O–H groups in total. The number of halogens is 1. The van der Waals surface area contributed by atoms with Gasteiger partial charge in [-0.15, -0.1) is 12.4 Å². The molecule has 0 saturated heterocycles. The molecule has 0 rings (SSSR count). The Hall–Kier alpha value is -0.540. The van der Waals surface area contributed by atoms with Crippen LogP contribution in [0.4, 0.5) is 0 Å². The summed E-state index contributed by atoms with van der Waals surface area (Å²) in [6, 6.07) is 0. The molecule has 72 valence electrons. The van der Waals surface area contributed by atoms with Gasteiger partial charge in [-0.3, -0.25) is 5.32 Å². The van der Waals surface area contributed by atoms with Crippen molar-refractivity contribution in [1.29, 1.82) is 0 Å². The molecule has 0 aromatic carbocycles. The number of esters is 1. The zero-order chi connectivity index (χ0) is 8.85. The zero-order valence-electron chi connectivity index (χ0n) is 7.72. The van der Waals surface area contributed by atoms with E-state index in [4.69, 9.17) is 4.74 Å². The largest absolute Gasteiger partial charge is 0.444 e. The van der Waals surface area contributed by atoms with E-state index in [9.17, 15) is 4.79 Å². The Balaban J connectivity index is 0. The molecule has 0 aliphatic carbocycles. The molecule has 0 bridgehead atoms. The van der Waals surface area contributed by atoms with Crippen molar-refractivity contribution in [3.05, 3.63) is 12.2 Å². The summed E-state index contributed by atoms with van der Waals surface area (Å²) in [6.45, 7) is 9.61. The molecule has 1 atom stereocenters. The van der Waals surface area contributed by atoms with E-state index in [1.54, 1.807) is 13.8 Å². The van der Waals surface area contributed by atoms with Gasteiger partial charge in [0, 0.05) is 5.57 Å². The van der Waals surface area contributed by atoms with Crippen molar-refractivity contribution in [2.24, 2.45) is 0 Å². The normalized spacial score (nSPS) is 11.2. The predicted octanol–water partition coefficient (Wildman–Crippen LogP) is 1.48. The van der Waals surface area contributed by atoms with Crippen LogP contribution in [0.2, 0.25) is 0 Å². The van der Waals surface area contributed by atoms with Crippen LogP contribution >= 0.6 is 12.4 Å². The summed E-state index contributed by atoms with van der Waals surface area (Å²) in [4.78, 5) is 10.9. The number of carbonyl (C=O) groups is 1. The van der Waals surface area contributed by atoms with Crippen molar-refractivity contribution in [2.75, 3.05) is 6.54 Å². The lowest BCUT2D eigenvalue weighted by Crippen LogP contribution is -2.30. The first kappa shape index (κ1) is 14.0. The third-order valence-electron chi connectivity index (χ3n) is 1.12. The fourth-order valence-corrected chi connectivity index (χ4v) is 0.590. The zero-order valence-corrected chi connectivity index (χ0v) is 8.53. The first-order valence-corrected chi connectivity index (χ1v) is 3.67. The summed E-state index contributed by atoms with van der Waals surface area (Å²) in [7, 11) is 0. The van der Waals surface area contributed by atoms with Gasteiger partial charge in [-0.05, 0) is 20.4 Å². The second-order valence-electron chi connectivity index (χ2n) is 2.39. The standard InChI is InChI=1S/C8H15NO2.ClH/c1-5-9-7(4)11-8(10)6(2)3;/h7,9H,2,5H2,1,3-4H3;1H. The van der Waals surface area contributed by atoms with E-state index < -0.39 is 0 Å². The van der Waals surface area contributed by atoms with Crippen molar-refractivity contribution in [3.8, 4) is 0 Å². The highest BCUT2D eigenvalue weighted by Gasteiger charge is 2.07. The van der Waals surface area contributed by atoms with E-state index >= 15 is 0 Å². The fraction of sp³-hybridized carbons (Fsp3) is 0.625. The molecular formula is C8H16ClNO2. The maximum atomic E-state index is 10.9. The lowest BCUT2D eigenvalue weighted by molar-refractivity contribution is -0.144. The smallest absolute Gasteiger partial charge is 0.334 e. The number of hydrogen-bond acceptors (Lipinski definition) is 3. The molecule has 0 fully saturated rings. The SMILES string of the molecule is C=C(C)C(=O)OC(C)NCC.Cl. The van der Waals surface area contributed by atoms with Gasteiger partial charge < -0.3 is 4.74 Å². The van der Waals surface area contributed by atoms with Crippen LogP contribution in [-0.4, -0.2) is 18.7 Å². The van der Waals surface area contributed by atoms with Crippen LogP contribution in [0.1, 0.15) is 20.8 Å². The molecule has 0 aliphatic rings. The summed E-state index contributed by atoms with van der Waals surface area (Å²) in [5.41, 5.74) is 0.426. The Bertz CT molecular complexity index is 159. The molecule has 12 heavy (non-hydrogen) atoms. The lowest BCUT2D eigenvalue weighted by Gasteiger charge is -2.12. The minimum atomic E-state index is -0.349. The van der Waals surface area contributed by atoms with E-state index in [-0.39, 0.29) is 24.6 Å². The summed E-state index contributed by atoms with van der Waals surface area (Å²) in [5, 5.41) is 2.95. The number of rotatable bonds is 4. The number of ether oxygens (including phenoxy) is 1. The van der Waals surface area contributed by atoms with Crippen LogP contribution in [0.15, 0.2) is 12.2 Å². The van der Waals surface area contributed by atoms with E-state index in [1.165, 1.54) is 0 Å². The van der Waals surface area contributed by atoms with Gasteiger partial charge in [0.15, 0.2) is 6.23 Å². The fourth-order valence-electron chi connectivity index (χ4n) is 0.590. The second-order valence-corrected chi connectivity index (χ2v) is 2.39. The van der Waals surface area contributed by atoms with Gasteiger partial charge in [-0.2, -0.15) is 0 Å². The summed E-state index contributed by atoms with van der Waals surface area (Å²) in [6.07, 6.45) is -0.232. The van der Waals surface area contributed by atoms with Crippen LogP contribution in [0.25, 0.3) is 0 Å². The van der Waals surface area contributed by atoms with E-state index in [0.29, 0.717) is 5.57 Å². The maximum absolute atomic E-state index is 10.9. The summed E-state index contributed by atoms with van der Waals surface area (Å²) in [5.74, 6) is -0.349. The molecule has 0 saturated carbocycles. The molecule has 0 aromatic heterocycles. The number of carbonyl (C=O) groups excluding carboxylic acids is 1.